The predicted molar refractivity (Wildman–Crippen MR) is 117 cm³/mol. The molecule has 0 spiro atoms. The minimum absolute atomic E-state index is 0.0564. The third kappa shape index (κ3) is 3.58. The number of aryl methyl sites for hydroxylation is 1. The van der Waals surface area contributed by atoms with Crippen LogP contribution in [0.15, 0.2) is 52.6 Å². The maximum atomic E-state index is 13.0. The zero-order valence-corrected chi connectivity index (χ0v) is 17.6. The molecule has 0 bridgehead atoms. The van der Waals surface area contributed by atoms with Gasteiger partial charge in [-0.05, 0) is 29.0 Å². The van der Waals surface area contributed by atoms with Gasteiger partial charge in [-0.2, -0.15) is 5.10 Å². The van der Waals surface area contributed by atoms with E-state index in [9.17, 15) is 9.59 Å². The van der Waals surface area contributed by atoms with Crippen LogP contribution in [0.5, 0.6) is 0 Å². The molecule has 4 rings (SSSR count). The van der Waals surface area contributed by atoms with Crippen LogP contribution in [0.1, 0.15) is 31.2 Å². The standard InChI is InChI=1S/C22H24N4O2S/c1-4-19-23-25(21(28)18-12-17-10-11-29-22(17)26(18)19)14-20(27)24(3)13-15(2)16-8-6-5-7-9-16/h5-12,15H,4,13-14H2,1-3H3/t15-/m0/s1. The van der Waals surface area contributed by atoms with Crippen LogP contribution in [0.25, 0.3) is 15.7 Å². The first-order chi connectivity index (χ1) is 14.0. The molecule has 0 fully saturated rings. The number of hydrogen-bond acceptors (Lipinski definition) is 4. The molecular formula is C22H24N4O2S. The Morgan fingerprint density at radius 1 is 1.24 bits per heavy atom. The Hall–Kier alpha value is -2.93. The van der Waals surface area contributed by atoms with E-state index >= 15 is 0 Å². The van der Waals surface area contributed by atoms with Gasteiger partial charge in [-0.25, -0.2) is 4.68 Å². The Morgan fingerprint density at radius 2 is 2.00 bits per heavy atom. The highest BCUT2D eigenvalue weighted by Gasteiger charge is 2.19. The quantitative estimate of drug-likeness (QED) is 0.490. The lowest BCUT2D eigenvalue weighted by Crippen LogP contribution is -2.37. The molecule has 0 aliphatic rings. The van der Waals surface area contributed by atoms with Gasteiger partial charge < -0.3 is 4.90 Å². The van der Waals surface area contributed by atoms with Crippen LogP contribution in [0, 0.1) is 0 Å². The maximum Gasteiger partial charge on any atom is 0.291 e. The third-order valence-electron chi connectivity index (χ3n) is 5.30. The number of carbonyl (C=O) groups excluding carboxylic acids is 1. The molecule has 0 saturated heterocycles. The minimum Gasteiger partial charge on any atom is -0.344 e. The molecule has 3 aromatic heterocycles. The summed E-state index contributed by atoms with van der Waals surface area (Å²) in [5, 5.41) is 7.54. The summed E-state index contributed by atoms with van der Waals surface area (Å²) in [6, 6.07) is 14.0. The van der Waals surface area contributed by atoms with Crippen LogP contribution < -0.4 is 5.56 Å². The van der Waals surface area contributed by atoms with E-state index in [-0.39, 0.29) is 23.9 Å². The summed E-state index contributed by atoms with van der Waals surface area (Å²) in [7, 11) is 1.78. The first kappa shape index (κ1) is 19.4. The van der Waals surface area contributed by atoms with Gasteiger partial charge in [-0.3, -0.25) is 14.0 Å². The molecule has 1 atom stereocenters. The molecule has 0 saturated carbocycles. The van der Waals surface area contributed by atoms with E-state index in [0.29, 0.717) is 18.5 Å². The second-order valence-electron chi connectivity index (χ2n) is 7.36. The normalized spacial score (nSPS) is 12.5. The number of fused-ring (bicyclic) bond motifs is 3. The molecule has 0 N–H and O–H groups in total. The van der Waals surface area contributed by atoms with Gasteiger partial charge in [-0.1, -0.05) is 44.2 Å². The summed E-state index contributed by atoms with van der Waals surface area (Å²) in [5.74, 6) is 0.869. The topological polar surface area (TPSA) is 59.6 Å². The minimum atomic E-state index is -0.233. The fourth-order valence-corrected chi connectivity index (χ4v) is 4.60. The van der Waals surface area contributed by atoms with Crippen LogP contribution >= 0.6 is 11.3 Å². The van der Waals surface area contributed by atoms with Gasteiger partial charge in [0.1, 0.15) is 22.7 Å². The van der Waals surface area contributed by atoms with Gasteiger partial charge in [0.25, 0.3) is 5.56 Å². The fraction of sp³-hybridized carbons (Fsp3) is 0.318. The van der Waals surface area contributed by atoms with Gasteiger partial charge in [0.2, 0.25) is 5.91 Å². The Labute approximate surface area is 173 Å². The zero-order chi connectivity index (χ0) is 20.5. The van der Waals surface area contributed by atoms with E-state index in [2.05, 4.69) is 24.2 Å². The van der Waals surface area contributed by atoms with Crippen molar-refractivity contribution in [2.45, 2.75) is 32.7 Å². The van der Waals surface area contributed by atoms with Crippen molar-refractivity contribution in [3.05, 3.63) is 69.6 Å². The Balaban J connectivity index is 1.59. The second kappa shape index (κ2) is 7.83. The average molecular weight is 409 g/mol. The number of nitrogens with zero attached hydrogens (tertiary/aromatic N) is 4. The van der Waals surface area contributed by atoms with Gasteiger partial charge in [-0.15, -0.1) is 11.3 Å². The van der Waals surface area contributed by atoms with Crippen LogP contribution in [0.2, 0.25) is 0 Å². The second-order valence-corrected chi connectivity index (χ2v) is 8.26. The SMILES string of the molecule is CCc1nn(CC(=O)N(C)C[C@H](C)c2ccccc2)c(=O)c2cc3ccsc3n12. The molecule has 0 aliphatic carbocycles. The maximum absolute atomic E-state index is 13.0. The molecule has 6 nitrogen and oxygen atoms in total. The van der Waals surface area contributed by atoms with Gasteiger partial charge >= 0.3 is 0 Å². The predicted octanol–water partition coefficient (Wildman–Crippen LogP) is 3.54. The highest BCUT2D eigenvalue weighted by Crippen LogP contribution is 2.24. The Bertz CT molecular complexity index is 1220. The number of rotatable bonds is 6. The molecule has 0 radical (unpaired) electrons. The van der Waals surface area contributed by atoms with Crippen molar-refractivity contribution in [3.8, 4) is 0 Å². The van der Waals surface area contributed by atoms with Crippen molar-refractivity contribution in [1.29, 1.82) is 0 Å². The first-order valence-corrected chi connectivity index (χ1v) is 10.6. The molecule has 3 heterocycles. The molecule has 150 valence electrons. The van der Waals surface area contributed by atoms with E-state index in [4.69, 9.17) is 0 Å². The van der Waals surface area contributed by atoms with Gasteiger partial charge in [0, 0.05) is 25.4 Å². The lowest BCUT2D eigenvalue weighted by molar-refractivity contribution is -0.131. The van der Waals surface area contributed by atoms with Crippen molar-refractivity contribution in [3.63, 3.8) is 0 Å². The van der Waals surface area contributed by atoms with Gasteiger partial charge in [0.15, 0.2) is 0 Å². The molecule has 0 aliphatic heterocycles. The number of carbonyl (C=O) groups is 1. The molecule has 7 heteroatoms. The van der Waals surface area contributed by atoms with Crippen LogP contribution in [-0.4, -0.2) is 38.6 Å². The van der Waals surface area contributed by atoms with Crippen LogP contribution in [0.3, 0.4) is 0 Å². The number of benzene rings is 1. The zero-order valence-electron chi connectivity index (χ0n) is 16.8. The van der Waals surface area contributed by atoms with Crippen molar-refractivity contribution >= 4 is 33.0 Å². The fourth-order valence-electron chi connectivity index (χ4n) is 3.68. The lowest BCUT2D eigenvalue weighted by Gasteiger charge is -2.22. The third-order valence-corrected chi connectivity index (χ3v) is 6.22. The van der Waals surface area contributed by atoms with Crippen molar-refractivity contribution in [2.75, 3.05) is 13.6 Å². The lowest BCUT2D eigenvalue weighted by atomic mass is 10.0. The summed E-state index contributed by atoms with van der Waals surface area (Å²) >= 11 is 1.59. The monoisotopic (exact) mass is 408 g/mol. The molecule has 1 aromatic carbocycles. The van der Waals surface area contributed by atoms with E-state index in [1.54, 1.807) is 23.3 Å². The number of aromatic nitrogens is 3. The summed E-state index contributed by atoms with van der Waals surface area (Å²) in [6.07, 6.45) is 0.674. The smallest absolute Gasteiger partial charge is 0.291 e. The first-order valence-electron chi connectivity index (χ1n) is 9.77. The number of likely N-dealkylation sites (N-methyl/N-ethyl adjacent to an activating group) is 1. The number of hydrogen-bond donors (Lipinski definition) is 0. The number of thiophene rings is 1. The molecule has 4 aromatic rings. The molecular weight excluding hydrogens is 384 g/mol. The van der Waals surface area contributed by atoms with E-state index in [1.807, 2.05) is 47.0 Å². The highest BCUT2D eigenvalue weighted by molar-refractivity contribution is 7.16. The molecule has 0 unspecified atom stereocenters. The van der Waals surface area contributed by atoms with E-state index in [0.717, 1.165) is 16.0 Å². The largest absolute Gasteiger partial charge is 0.344 e. The summed E-state index contributed by atoms with van der Waals surface area (Å²) in [6.45, 7) is 4.63. The van der Waals surface area contributed by atoms with Crippen LogP contribution in [0.4, 0.5) is 0 Å². The highest BCUT2D eigenvalue weighted by atomic mass is 32.1. The Morgan fingerprint density at radius 3 is 2.72 bits per heavy atom. The average Bonchev–Trinajstić information content (AvgIpc) is 3.32. The molecule has 29 heavy (non-hydrogen) atoms. The van der Waals surface area contributed by atoms with E-state index < -0.39 is 0 Å². The number of amides is 1. The van der Waals surface area contributed by atoms with Gasteiger partial charge in [0.05, 0.1) is 0 Å². The van der Waals surface area contributed by atoms with Crippen molar-refractivity contribution < 1.29 is 4.79 Å². The summed E-state index contributed by atoms with van der Waals surface area (Å²) in [4.78, 5) is 28.5. The van der Waals surface area contributed by atoms with Crippen molar-refractivity contribution in [1.82, 2.24) is 19.1 Å². The Kier molecular flexibility index (Phi) is 5.24. The molecule has 1 amide bonds. The summed E-state index contributed by atoms with van der Waals surface area (Å²) < 4.78 is 3.23. The van der Waals surface area contributed by atoms with Crippen LogP contribution in [-0.2, 0) is 17.8 Å². The summed E-state index contributed by atoms with van der Waals surface area (Å²) in [5.41, 5.74) is 1.53. The van der Waals surface area contributed by atoms with Crippen molar-refractivity contribution in [2.24, 2.45) is 0 Å². The van der Waals surface area contributed by atoms with E-state index in [1.165, 1.54) is 10.2 Å².